The highest BCUT2D eigenvalue weighted by Crippen LogP contribution is 2.44. The SMILES string of the molecule is Cc1ccc(COc2cccc(C3C(C#N)=C(N)Oc4cc(OC(=O)c5ccc(Cl)cc5)ccc43)c2)cc1. The molecular formula is C31H23ClN2O4. The third-order valence-corrected chi connectivity index (χ3v) is 6.45. The molecule has 1 atom stereocenters. The van der Waals surface area contributed by atoms with Crippen LogP contribution in [-0.4, -0.2) is 5.97 Å². The summed E-state index contributed by atoms with van der Waals surface area (Å²) in [7, 11) is 0. The third-order valence-electron chi connectivity index (χ3n) is 6.20. The number of nitrogens with two attached hydrogens (primary N) is 1. The summed E-state index contributed by atoms with van der Waals surface area (Å²) in [6.45, 7) is 2.46. The second kappa shape index (κ2) is 10.7. The number of ether oxygens (including phenoxy) is 3. The van der Waals surface area contributed by atoms with Crippen LogP contribution in [0.3, 0.4) is 0 Å². The molecule has 4 aromatic carbocycles. The van der Waals surface area contributed by atoms with Gasteiger partial charge in [0.25, 0.3) is 0 Å². The molecule has 2 N–H and O–H groups in total. The largest absolute Gasteiger partial charge is 0.489 e. The van der Waals surface area contributed by atoms with E-state index in [9.17, 15) is 10.1 Å². The second-order valence-electron chi connectivity index (χ2n) is 8.87. The van der Waals surface area contributed by atoms with E-state index in [-0.39, 0.29) is 11.6 Å². The van der Waals surface area contributed by atoms with Crippen LogP contribution in [0.15, 0.2) is 102 Å². The lowest BCUT2D eigenvalue weighted by Crippen LogP contribution is -2.21. The zero-order valence-electron chi connectivity index (χ0n) is 20.5. The van der Waals surface area contributed by atoms with Crippen LogP contribution >= 0.6 is 11.6 Å². The van der Waals surface area contributed by atoms with Gasteiger partial charge in [0.15, 0.2) is 0 Å². The van der Waals surface area contributed by atoms with Gasteiger partial charge in [-0.05, 0) is 60.5 Å². The zero-order valence-corrected chi connectivity index (χ0v) is 21.2. The maximum atomic E-state index is 12.6. The minimum Gasteiger partial charge on any atom is -0.489 e. The van der Waals surface area contributed by atoms with E-state index < -0.39 is 11.9 Å². The number of nitrogens with zero attached hydrogens (tertiary/aromatic N) is 1. The number of hydrogen-bond donors (Lipinski definition) is 1. The van der Waals surface area contributed by atoms with Crippen molar-refractivity contribution in [2.24, 2.45) is 5.73 Å². The maximum Gasteiger partial charge on any atom is 0.343 e. The number of rotatable bonds is 6. The number of aryl methyl sites for hydroxylation is 1. The summed E-state index contributed by atoms with van der Waals surface area (Å²) < 4.78 is 17.3. The molecule has 0 radical (unpaired) electrons. The fourth-order valence-electron chi connectivity index (χ4n) is 4.23. The fourth-order valence-corrected chi connectivity index (χ4v) is 4.35. The third kappa shape index (κ3) is 5.34. The van der Waals surface area contributed by atoms with E-state index in [0.29, 0.717) is 34.3 Å². The molecule has 38 heavy (non-hydrogen) atoms. The van der Waals surface area contributed by atoms with Crippen molar-refractivity contribution < 1.29 is 19.0 Å². The van der Waals surface area contributed by atoms with Gasteiger partial charge >= 0.3 is 5.97 Å². The summed E-state index contributed by atoms with van der Waals surface area (Å²) in [6.07, 6.45) is 0. The number of halogens is 1. The number of benzene rings is 4. The molecule has 0 aliphatic carbocycles. The Kier molecular flexibility index (Phi) is 7.03. The molecule has 0 amide bonds. The molecular weight excluding hydrogens is 500 g/mol. The van der Waals surface area contributed by atoms with Crippen molar-refractivity contribution in [1.82, 2.24) is 0 Å². The smallest absolute Gasteiger partial charge is 0.343 e. The van der Waals surface area contributed by atoms with Gasteiger partial charge in [-0.25, -0.2) is 4.79 Å². The molecule has 0 spiro atoms. The van der Waals surface area contributed by atoms with E-state index in [0.717, 1.165) is 16.7 Å². The minimum atomic E-state index is -0.534. The summed E-state index contributed by atoms with van der Waals surface area (Å²) in [5.74, 6) is 0.337. The minimum absolute atomic E-state index is 0.00263. The molecule has 7 heteroatoms. The predicted octanol–water partition coefficient (Wildman–Crippen LogP) is 6.66. The average Bonchev–Trinajstić information content (AvgIpc) is 2.92. The van der Waals surface area contributed by atoms with Crippen LogP contribution < -0.4 is 19.9 Å². The van der Waals surface area contributed by atoms with Crippen LogP contribution in [0.25, 0.3) is 0 Å². The first-order chi connectivity index (χ1) is 18.4. The molecule has 1 aliphatic heterocycles. The lowest BCUT2D eigenvalue weighted by Gasteiger charge is -2.27. The molecule has 5 rings (SSSR count). The molecule has 6 nitrogen and oxygen atoms in total. The van der Waals surface area contributed by atoms with Crippen molar-refractivity contribution in [1.29, 1.82) is 5.26 Å². The average molecular weight is 523 g/mol. The standard InChI is InChI=1S/C31H23ClN2O4/c1-19-5-7-20(8-6-19)18-36-24-4-2-3-22(15-24)29-26-14-13-25(16-28(26)38-30(34)27(29)17-33)37-31(35)21-9-11-23(32)12-10-21/h2-16,29H,18,34H2,1H3. The molecule has 0 aromatic heterocycles. The number of hydrogen-bond acceptors (Lipinski definition) is 6. The fraction of sp³-hybridized carbons (Fsp3) is 0.0968. The summed E-state index contributed by atoms with van der Waals surface area (Å²) in [6, 6.07) is 29.3. The van der Waals surface area contributed by atoms with Gasteiger partial charge in [-0.2, -0.15) is 5.26 Å². The van der Waals surface area contributed by atoms with E-state index >= 15 is 0 Å². The summed E-state index contributed by atoms with van der Waals surface area (Å²) in [4.78, 5) is 12.6. The Morgan fingerprint density at radius 3 is 2.50 bits per heavy atom. The number of carbonyl (C=O) groups is 1. The molecule has 0 bridgehead atoms. The normalized spacial score (nSPS) is 14.2. The van der Waals surface area contributed by atoms with Gasteiger partial charge in [-0.15, -0.1) is 0 Å². The number of esters is 1. The van der Waals surface area contributed by atoms with Gasteiger partial charge in [0.1, 0.15) is 35.5 Å². The Hall–Kier alpha value is -4.73. The molecule has 0 saturated carbocycles. The van der Waals surface area contributed by atoms with Gasteiger partial charge in [-0.3, -0.25) is 0 Å². The van der Waals surface area contributed by atoms with Crippen molar-refractivity contribution >= 4 is 17.6 Å². The van der Waals surface area contributed by atoms with E-state index in [2.05, 4.69) is 6.07 Å². The number of allylic oxidation sites excluding steroid dienone is 1. The van der Waals surface area contributed by atoms with Crippen molar-refractivity contribution in [3.05, 3.63) is 135 Å². The van der Waals surface area contributed by atoms with E-state index in [1.807, 2.05) is 55.5 Å². The molecule has 1 unspecified atom stereocenters. The van der Waals surface area contributed by atoms with Crippen LogP contribution in [0.1, 0.15) is 38.5 Å². The predicted molar refractivity (Wildman–Crippen MR) is 144 cm³/mol. The lowest BCUT2D eigenvalue weighted by molar-refractivity contribution is 0.0734. The van der Waals surface area contributed by atoms with E-state index in [4.69, 9.17) is 31.5 Å². The summed E-state index contributed by atoms with van der Waals surface area (Å²) in [5.41, 5.74) is 10.6. The van der Waals surface area contributed by atoms with Gasteiger partial charge in [-0.1, -0.05) is 59.6 Å². The number of nitriles is 1. The van der Waals surface area contributed by atoms with E-state index in [1.165, 1.54) is 5.56 Å². The summed E-state index contributed by atoms with van der Waals surface area (Å²) >= 11 is 5.90. The lowest BCUT2D eigenvalue weighted by atomic mass is 9.83. The van der Waals surface area contributed by atoms with Crippen LogP contribution in [0.2, 0.25) is 5.02 Å². The van der Waals surface area contributed by atoms with Crippen molar-refractivity contribution in [2.75, 3.05) is 0 Å². The Morgan fingerprint density at radius 2 is 1.76 bits per heavy atom. The van der Waals surface area contributed by atoms with Gasteiger partial charge in [0.2, 0.25) is 5.88 Å². The monoisotopic (exact) mass is 522 g/mol. The molecule has 1 aliphatic rings. The van der Waals surface area contributed by atoms with Crippen LogP contribution in [-0.2, 0) is 6.61 Å². The first-order valence-corrected chi connectivity index (χ1v) is 12.3. The first-order valence-electron chi connectivity index (χ1n) is 11.9. The highest BCUT2D eigenvalue weighted by molar-refractivity contribution is 6.30. The number of fused-ring (bicyclic) bond motifs is 1. The number of carbonyl (C=O) groups excluding carboxylic acids is 1. The quantitative estimate of drug-likeness (QED) is 0.224. The summed E-state index contributed by atoms with van der Waals surface area (Å²) in [5, 5.41) is 10.4. The Labute approximate surface area is 225 Å². The molecule has 0 saturated heterocycles. The molecule has 1 heterocycles. The van der Waals surface area contributed by atoms with Crippen molar-refractivity contribution in [3.63, 3.8) is 0 Å². The Bertz CT molecular complexity index is 1570. The van der Waals surface area contributed by atoms with Crippen LogP contribution in [0, 0.1) is 18.3 Å². The molecule has 188 valence electrons. The van der Waals surface area contributed by atoms with Gasteiger partial charge in [0.05, 0.1) is 11.5 Å². The van der Waals surface area contributed by atoms with Crippen molar-refractivity contribution in [2.45, 2.75) is 19.4 Å². The zero-order chi connectivity index (χ0) is 26.6. The van der Waals surface area contributed by atoms with Crippen LogP contribution in [0.5, 0.6) is 17.2 Å². The topological polar surface area (TPSA) is 94.6 Å². The second-order valence-corrected chi connectivity index (χ2v) is 9.30. The van der Waals surface area contributed by atoms with Gasteiger partial charge in [0, 0.05) is 16.7 Å². The maximum absolute atomic E-state index is 12.6. The van der Waals surface area contributed by atoms with E-state index in [1.54, 1.807) is 42.5 Å². The molecule has 4 aromatic rings. The van der Waals surface area contributed by atoms with Crippen LogP contribution in [0.4, 0.5) is 0 Å². The first kappa shape index (κ1) is 24.9. The van der Waals surface area contributed by atoms with Crippen molar-refractivity contribution in [3.8, 4) is 23.3 Å². The Balaban J connectivity index is 1.41. The molecule has 0 fully saturated rings. The van der Waals surface area contributed by atoms with Gasteiger partial charge < -0.3 is 19.9 Å². The Morgan fingerprint density at radius 1 is 1.00 bits per heavy atom. The highest BCUT2D eigenvalue weighted by Gasteiger charge is 2.31. The highest BCUT2D eigenvalue weighted by atomic mass is 35.5.